The Morgan fingerprint density at radius 3 is 2.60 bits per heavy atom. The van der Waals surface area contributed by atoms with Crippen molar-refractivity contribution in [3.8, 4) is 5.75 Å². The number of hydrogen-bond donors (Lipinski definition) is 1. The van der Waals surface area contributed by atoms with Crippen LogP contribution in [0.2, 0.25) is 0 Å². The number of fused-ring (bicyclic) bond motifs is 1. The molecule has 0 spiro atoms. The molecule has 2 heterocycles. The predicted octanol–water partition coefficient (Wildman–Crippen LogP) is 1.40. The number of carbonyl (C=O) groups is 1. The van der Waals surface area contributed by atoms with E-state index in [2.05, 4.69) is 10.3 Å². The van der Waals surface area contributed by atoms with Crippen molar-refractivity contribution in [1.82, 2.24) is 14.6 Å². The van der Waals surface area contributed by atoms with Crippen LogP contribution in [-0.4, -0.2) is 56.1 Å². The molecule has 1 aromatic heterocycles. The Hall–Kier alpha value is -2.19. The highest BCUT2D eigenvalue weighted by Gasteiger charge is 2.26. The van der Waals surface area contributed by atoms with E-state index in [1.54, 1.807) is 19.2 Å². The lowest BCUT2D eigenvalue weighted by Gasteiger charge is -2.30. The smallest absolute Gasteiger partial charge is 0.270 e. The van der Waals surface area contributed by atoms with Gasteiger partial charge in [0.2, 0.25) is 10.0 Å². The average molecular weight is 363 g/mol. The summed E-state index contributed by atoms with van der Waals surface area (Å²) < 4.78 is 29.7. The van der Waals surface area contributed by atoms with Crippen LogP contribution in [0.5, 0.6) is 5.75 Å². The molecule has 1 aromatic carbocycles. The molecule has 1 fully saturated rings. The van der Waals surface area contributed by atoms with Gasteiger partial charge in [0.15, 0.2) is 0 Å². The number of benzene rings is 1. The van der Waals surface area contributed by atoms with Crippen LogP contribution in [0.15, 0.2) is 30.3 Å². The first-order valence-electron chi connectivity index (χ1n) is 8.07. The minimum atomic E-state index is -3.16. The molecule has 0 unspecified atom stereocenters. The van der Waals surface area contributed by atoms with Gasteiger partial charge in [0, 0.05) is 24.5 Å². The number of hydrogen-bond acceptors (Lipinski definition) is 5. The van der Waals surface area contributed by atoms with Crippen molar-refractivity contribution in [1.29, 1.82) is 0 Å². The minimum Gasteiger partial charge on any atom is -0.497 e. The molecule has 1 N–H and O–H groups in total. The normalized spacial score (nSPS) is 16.7. The zero-order valence-electron chi connectivity index (χ0n) is 14.2. The number of sulfonamides is 1. The number of nitrogens with one attached hydrogen (secondary N) is 1. The van der Waals surface area contributed by atoms with Gasteiger partial charge in [-0.1, -0.05) is 6.07 Å². The number of amides is 1. The summed E-state index contributed by atoms with van der Waals surface area (Å²) in [5, 5.41) is 3.85. The number of pyridine rings is 1. The molecule has 0 atom stereocenters. The van der Waals surface area contributed by atoms with E-state index in [1.165, 1.54) is 10.6 Å². The molecule has 0 saturated carbocycles. The lowest BCUT2D eigenvalue weighted by Crippen LogP contribution is -2.46. The van der Waals surface area contributed by atoms with Crippen molar-refractivity contribution in [2.45, 2.75) is 18.9 Å². The van der Waals surface area contributed by atoms with Gasteiger partial charge in [-0.2, -0.15) is 0 Å². The molecule has 0 bridgehead atoms. The van der Waals surface area contributed by atoms with Gasteiger partial charge in [0.25, 0.3) is 5.91 Å². The Bertz CT molecular complexity index is 890. The fraction of sp³-hybridized carbons (Fsp3) is 0.412. The number of methoxy groups -OCH3 is 1. The number of piperidine rings is 1. The van der Waals surface area contributed by atoms with Gasteiger partial charge in [-0.25, -0.2) is 17.7 Å². The molecule has 0 aliphatic carbocycles. The van der Waals surface area contributed by atoms with Crippen molar-refractivity contribution in [3.63, 3.8) is 0 Å². The van der Waals surface area contributed by atoms with E-state index in [-0.39, 0.29) is 11.9 Å². The van der Waals surface area contributed by atoms with Crippen LogP contribution in [0.3, 0.4) is 0 Å². The molecule has 1 aliphatic rings. The maximum Gasteiger partial charge on any atom is 0.270 e. The standard InChI is InChI=1S/C17H21N3O4S/c1-24-14-4-6-15-12(11-14)3-5-16(19-15)17(21)18-13-7-9-20(10-8-13)25(2,22)23/h3-6,11,13H,7-10H2,1-2H3,(H,18,21). The van der Waals surface area contributed by atoms with Gasteiger partial charge in [0.1, 0.15) is 11.4 Å². The van der Waals surface area contributed by atoms with E-state index in [1.807, 2.05) is 18.2 Å². The fourth-order valence-electron chi connectivity index (χ4n) is 2.95. The van der Waals surface area contributed by atoms with Crippen LogP contribution >= 0.6 is 0 Å². The SMILES string of the molecule is COc1ccc2nc(C(=O)NC3CCN(S(C)(=O)=O)CC3)ccc2c1. The highest BCUT2D eigenvalue weighted by molar-refractivity contribution is 7.88. The summed E-state index contributed by atoms with van der Waals surface area (Å²) in [6, 6.07) is 8.96. The molecule has 3 rings (SSSR count). The maximum atomic E-state index is 12.4. The van der Waals surface area contributed by atoms with Crippen LogP contribution in [0.25, 0.3) is 10.9 Å². The number of nitrogens with zero attached hydrogens (tertiary/aromatic N) is 2. The summed E-state index contributed by atoms with van der Waals surface area (Å²) in [5.74, 6) is 0.500. The first-order valence-corrected chi connectivity index (χ1v) is 9.92. The molecule has 134 valence electrons. The van der Waals surface area contributed by atoms with Crippen molar-refractivity contribution in [2.24, 2.45) is 0 Å². The first kappa shape index (κ1) is 17.6. The van der Waals surface area contributed by atoms with Crippen LogP contribution in [-0.2, 0) is 10.0 Å². The number of rotatable bonds is 4. The largest absolute Gasteiger partial charge is 0.497 e. The van der Waals surface area contributed by atoms with E-state index in [0.29, 0.717) is 31.6 Å². The molecule has 25 heavy (non-hydrogen) atoms. The average Bonchev–Trinajstić information content (AvgIpc) is 2.60. The Balaban J connectivity index is 1.67. The Kier molecular flexibility index (Phi) is 4.91. The van der Waals surface area contributed by atoms with E-state index >= 15 is 0 Å². The van der Waals surface area contributed by atoms with Crippen LogP contribution in [0.1, 0.15) is 23.3 Å². The summed E-state index contributed by atoms with van der Waals surface area (Å²) in [4.78, 5) is 16.8. The highest BCUT2D eigenvalue weighted by Crippen LogP contribution is 2.20. The van der Waals surface area contributed by atoms with E-state index < -0.39 is 10.0 Å². The van der Waals surface area contributed by atoms with Gasteiger partial charge >= 0.3 is 0 Å². The van der Waals surface area contributed by atoms with Gasteiger partial charge in [-0.15, -0.1) is 0 Å². The molecule has 0 radical (unpaired) electrons. The number of aromatic nitrogens is 1. The van der Waals surface area contributed by atoms with Crippen LogP contribution < -0.4 is 10.1 Å². The minimum absolute atomic E-state index is 0.0427. The topological polar surface area (TPSA) is 88.6 Å². The fourth-order valence-corrected chi connectivity index (χ4v) is 3.82. The van der Waals surface area contributed by atoms with E-state index in [4.69, 9.17) is 4.74 Å². The summed E-state index contributed by atoms with van der Waals surface area (Å²) in [5.41, 5.74) is 1.07. The van der Waals surface area contributed by atoms with Gasteiger partial charge in [-0.3, -0.25) is 4.79 Å². The van der Waals surface area contributed by atoms with E-state index in [0.717, 1.165) is 16.7 Å². The molecule has 7 nitrogen and oxygen atoms in total. The second kappa shape index (κ2) is 6.97. The summed E-state index contributed by atoms with van der Waals surface area (Å²) >= 11 is 0. The second-order valence-electron chi connectivity index (χ2n) is 6.16. The molecule has 1 aliphatic heterocycles. The molecular formula is C17H21N3O4S. The highest BCUT2D eigenvalue weighted by atomic mass is 32.2. The molecule has 2 aromatic rings. The zero-order chi connectivity index (χ0) is 18.0. The quantitative estimate of drug-likeness (QED) is 0.887. The van der Waals surface area contributed by atoms with Crippen molar-refractivity contribution >= 4 is 26.8 Å². The van der Waals surface area contributed by atoms with Crippen molar-refractivity contribution < 1.29 is 17.9 Å². The monoisotopic (exact) mass is 363 g/mol. The molecule has 1 amide bonds. The summed E-state index contributed by atoms with van der Waals surface area (Å²) in [6.45, 7) is 0.851. The van der Waals surface area contributed by atoms with Crippen LogP contribution in [0.4, 0.5) is 0 Å². The molecule has 8 heteroatoms. The Labute approximate surface area is 147 Å². The van der Waals surface area contributed by atoms with Gasteiger partial charge in [0.05, 0.1) is 18.9 Å². The Morgan fingerprint density at radius 1 is 1.24 bits per heavy atom. The summed E-state index contributed by atoms with van der Waals surface area (Å²) in [7, 11) is -1.56. The third-order valence-electron chi connectivity index (χ3n) is 4.39. The molecule has 1 saturated heterocycles. The third-order valence-corrected chi connectivity index (χ3v) is 5.69. The molecular weight excluding hydrogens is 342 g/mol. The summed E-state index contributed by atoms with van der Waals surface area (Å²) in [6.07, 6.45) is 2.41. The zero-order valence-corrected chi connectivity index (χ0v) is 15.0. The number of ether oxygens (including phenoxy) is 1. The van der Waals surface area contributed by atoms with Crippen LogP contribution in [0, 0.1) is 0 Å². The van der Waals surface area contributed by atoms with Crippen molar-refractivity contribution in [3.05, 3.63) is 36.0 Å². The van der Waals surface area contributed by atoms with Gasteiger partial charge in [-0.05, 0) is 37.1 Å². The van der Waals surface area contributed by atoms with Crippen molar-refractivity contribution in [2.75, 3.05) is 26.5 Å². The second-order valence-corrected chi connectivity index (χ2v) is 8.15. The van der Waals surface area contributed by atoms with E-state index in [9.17, 15) is 13.2 Å². The lowest BCUT2D eigenvalue weighted by atomic mass is 10.1. The predicted molar refractivity (Wildman–Crippen MR) is 95.2 cm³/mol. The number of carbonyl (C=O) groups excluding carboxylic acids is 1. The lowest BCUT2D eigenvalue weighted by molar-refractivity contribution is 0.0919. The van der Waals surface area contributed by atoms with Gasteiger partial charge < -0.3 is 10.1 Å². The maximum absolute atomic E-state index is 12.4. The third kappa shape index (κ3) is 4.08. The Morgan fingerprint density at radius 2 is 1.96 bits per heavy atom. The first-order chi connectivity index (χ1) is 11.9.